The van der Waals surface area contributed by atoms with Crippen LogP contribution in [0.3, 0.4) is 0 Å². The highest BCUT2D eigenvalue weighted by Gasteiger charge is 2.22. The van der Waals surface area contributed by atoms with Gasteiger partial charge in [-0.3, -0.25) is 0 Å². The summed E-state index contributed by atoms with van der Waals surface area (Å²) in [5.74, 6) is 0.569. The predicted octanol–water partition coefficient (Wildman–Crippen LogP) is 2.61. The highest BCUT2D eigenvalue weighted by Crippen LogP contribution is 2.26. The molecule has 0 amide bonds. The molecule has 8 heteroatoms. The standard InChI is InChI=1S/C13H17BrN2O4S/c1-2-4-15-8-11-6-12(13(14)20-11)21(17,18)16-7-10-3-5-19-9-10/h3,5-6,9,15-16H,2,4,7-8H2,1H3. The minimum atomic E-state index is -3.64. The number of nitrogens with one attached hydrogen (secondary N) is 2. The fraction of sp³-hybridized carbons (Fsp3) is 0.385. The quantitative estimate of drug-likeness (QED) is 0.691. The van der Waals surface area contributed by atoms with Gasteiger partial charge < -0.3 is 14.2 Å². The van der Waals surface area contributed by atoms with E-state index in [2.05, 4.69) is 32.9 Å². The van der Waals surface area contributed by atoms with Gasteiger partial charge in [-0.2, -0.15) is 0 Å². The van der Waals surface area contributed by atoms with Gasteiger partial charge in [0.25, 0.3) is 0 Å². The van der Waals surface area contributed by atoms with E-state index >= 15 is 0 Å². The van der Waals surface area contributed by atoms with E-state index in [0.717, 1.165) is 18.5 Å². The number of hydrogen-bond donors (Lipinski definition) is 2. The lowest BCUT2D eigenvalue weighted by molar-refractivity contribution is 0.461. The molecule has 0 spiro atoms. The first-order chi connectivity index (χ1) is 10.0. The first-order valence-electron chi connectivity index (χ1n) is 6.52. The van der Waals surface area contributed by atoms with E-state index < -0.39 is 10.0 Å². The van der Waals surface area contributed by atoms with Gasteiger partial charge in [-0.1, -0.05) is 6.92 Å². The Balaban J connectivity index is 2.05. The van der Waals surface area contributed by atoms with Crippen molar-refractivity contribution in [2.45, 2.75) is 31.3 Å². The molecule has 0 atom stereocenters. The zero-order chi connectivity index (χ0) is 15.3. The smallest absolute Gasteiger partial charge is 0.245 e. The summed E-state index contributed by atoms with van der Waals surface area (Å²) in [6, 6.07) is 3.22. The molecule has 0 saturated carbocycles. The van der Waals surface area contributed by atoms with Gasteiger partial charge in [-0.15, -0.1) is 0 Å². The van der Waals surface area contributed by atoms with E-state index in [9.17, 15) is 8.42 Å². The summed E-state index contributed by atoms with van der Waals surface area (Å²) in [5.41, 5.74) is 0.753. The van der Waals surface area contributed by atoms with Crippen LogP contribution in [0, 0.1) is 0 Å². The van der Waals surface area contributed by atoms with Crippen LogP contribution in [0.1, 0.15) is 24.7 Å². The Kier molecular flexibility index (Phi) is 5.63. The second-order valence-electron chi connectivity index (χ2n) is 4.48. The molecule has 21 heavy (non-hydrogen) atoms. The van der Waals surface area contributed by atoms with Crippen LogP contribution in [0.5, 0.6) is 0 Å². The molecular weight excluding hydrogens is 360 g/mol. The van der Waals surface area contributed by atoms with E-state index in [4.69, 9.17) is 8.83 Å². The first-order valence-corrected chi connectivity index (χ1v) is 8.80. The van der Waals surface area contributed by atoms with E-state index in [1.165, 1.54) is 18.6 Å². The van der Waals surface area contributed by atoms with Gasteiger partial charge in [0.05, 0.1) is 19.1 Å². The lowest BCUT2D eigenvalue weighted by atomic mass is 10.4. The van der Waals surface area contributed by atoms with Crippen LogP contribution in [0.4, 0.5) is 0 Å². The zero-order valence-electron chi connectivity index (χ0n) is 11.6. The minimum Gasteiger partial charge on any atom is -0.472 e. The van der Waals surface area contributed by atoms with Crippen LogP contribution < -0.4 is 10.0 Å². The second-order valence-corrected chi connectivity index (χ2v) is 6.94. The SMILES string of the molecule is CCCNCc1cc(S(=O)(=O)NCc2ccoc2)c(Br)o1. The number of furan rings is 2. The van der Waals surface area contributed by atoms with Crippen molar-refractivity contribution in [1.29, 1.82) is 0 Å². The Morgan fingerprint density at radius 3 is 2.81 bits per heavy atom. The lowest BCUT2D eigenvalue weighted by Gasteiger charge is -2.03. The molecule has 0 fully saturated rings. The average molecular weight is 377 g/mol. The molecule has 2 N–H and O–H groups in total. The monoisotopic (exact) mass is 376 g/mol. The third-order valence-corrected chi connectivity index (χ3v) is 5.03. The molecule has 0 aliphatic rings. The molecule has 116 valence electrons. The lowest BCUT2D eigenvalue weighted by Crippen LogP contribution is -2.22. The summed E-state index contributed by atoms with van der Waals surface area (Å²) in [6.07, 6.45) is 3.99. The Morgan fingerprint density at radius 1 is 1.33 bits per heavy atom. The molecular formula is C13H17BrN2O4S. The maximum atomic E-state index is 12.2. The molecule has 0 aliphatic carbocycles. The average Bonchev–Trinajstić information content (AvgIpc) is 3.07. The molecule has 2 aromatic rings. The second kappa shape index (κ2) is 7.26. The van der Waals surface area contributed by atoms with Crippen molar-refractivity contribution in [3.05, 3.63) is 40.7 Å². The molecule has 6 nitrogen and oxygen atoms in total. The molecule has 0 bridgehead atoms. The summed E-state index contributed by atoms with van der Waals surface area (Å²) < 4.78 is 37.5. The zero-order valence-corrected chi connectivity index (χ0v) is 14.0. The topological polar surface area (TPSA) is 84.5 Å². The number of rotatable bonds is 8. The Hall–Kier alpha value is -1.09. The van der Waals surface area contributed by atoms with Crippen molar-refractivity contribution >= 4 is 26.0 Å². The number of sulfonamides is 1. The van der Waals surface area contributed by atoms with Gasteiger partial charge in [0.15, 0.2) is 4.67 Å². The van der Waals surface area contributed by atoms with Crippen molar-refractivity contribution in [3.63, 3.8) is 0 Å². The highest BCUT2D eigenvalue weighted by molar-refractivity contribution is 9.10. The first kappa shape index (κ1) is 16.3. The van der Waals surface area contributed by atoms with E-state index in [1.54, 1.807) is 6.07 Å². The third-order valence-electron chi connectivity index (χ3n) is 2.77. The molecule has 2 rings (SSSR count). The number of halogens is 1. The molecule has 0 unspecified atom stereocenters. The molecule has 2 heterocycles. The maximum absolute atomic E-state index is 12.2. The fourth-order valence-electron chi connectivity index (χ4n) is 1.71. The maximum Gasteiger partial charge on any atom is 0.245 e. The normalized spacial score (nSPS) is 11.9. The van der Waals surface area contributed by atoms with Crippen LogP contribution in [0.2, 0.25) is 0 Å². The van der Waals surface area contributed by atoms with Crippen molar-refractivity contribution in [2.75, 3.05) is 6.54 Å². The summed E-state index contributed by atoms with van der Waals surface area (Å²) in [4.78, 5) is 0.0966. The molecule has 0 saturated heterocycles. The Morgan fingerprint density at radius 2 is 2.14 bits per heavy atom. The van der Waals surface area contributed by atoms with Gasteiger partial charge in [-0.05, 0) is 35.0 Å². The third kappa shape index (κ3) is 4.44. The van der Waals surface area contributed by atoms with Gasteiger partial charge >= 0.3 is 0 Å². The minimum absolute atomic E-state index is 0.0966. The van der Waals surface area contributed by atoms with Gasteiger partial charge in [0, 0.05) is 18.2 Å². The summed E-state index contributed by atoms with van der Waals surface area (Å²) in [6.45, 7) is 3.56. The van der Waals surface area contributed by atoms with Crippen LogP contribution in [-0.4, -0.2) is 15.0 Å². The van der Waals surface area contributed by atoms with Crippen LogP contribution in [-0.2, 0) is 23.1 Å². The van der Waals surface area contributed by atoms with Crippen LogP contribution in [0.25, 0.3) is 0 Å². The van der Waals surface area contributed by atoms with Crippen molar-refractivity contribution < 1.29 is 17.3 Å². The molecule has 2 aromatic heterocycles. The Bertz CT molecular complexity index is 664. The summed E-state index contributed by atoms with van der Waals surface area (Å²) >= 11 is 3.15. The van der Waals surface area contributed by atoms with Crippen molar-refractivity contribution in [3.8, 4) is 0 Å². The summed E-state index contributed by atoms with van der Waals surface area (Å²) in [7, 11) is -3.64. The van der Waals surface area contributed by atoms with Crippen LogP contribution in [0.15, 0.2) is 43.1 Å². The van der Waals surface area contributed by atoms with Crippen molar-refractivity contribution in [1.82, 2.24) is 10.0 Å². The molecule has 0 aliphatic heterocycles. The van der Waals surface area contributed by atoms with E-state index in [-0.39, 0.29) is 16.1 Å². The van der Waals surface area contributed by atoms with E-state index in [1.807, 2.05) is 0 Å². The molecule has 0 radical (unpaired) electrons. The van der Waals surface area contributed by atoms with Crippen molar-refractivity contribution in [2.24, 2.45) is 0 Å². The predicted molar refractivity (Wildman–Crippen MR) is 81.1 cm³/mol. The molecule has 0 aromatic carbocycles. The summed E-state index contributed by atoms with van der Waals surface area (Å²) in [5, 5.41) is 3.16. The van der Waals surface area contributed by atoms with Crippen LogP contribution >= 0.6 is 15.9 Å². The highest BCUT2D eigenvalue weighted by atomic mass is 79.9. The van der Waals surface area contributed by atoms with Gasteiger partial charge in [-0.25, -0.2) is 13.1 Å². The van der Waals surface area contributed by atoms with E-state index in [0.29, 0.717) is 12.3 Å². The largest absolute Gasteiger partial charge is 0.472 e. The fourth-order valence-corrected chi connectivity index (χ4v) is 3.72. The van der Waals surface area contributed by atoms with Gasteiger partial charge in [0.1, 0.15) is 10.7 Å². The Labute approximate surface area is 132 Å². The van der Waals surface area contributed by atoms with Gasteiger partial charge in [0.2, 0.25) is 10.0 Å². The number of hydrogen-bond acceptors (Lipinski definition) is 5.